The first-order valence-corrected chi connectivity index (χ1v) is 4.92. The molecule has 0 aliphatic heterocycles. The van der Waals surface area contributed by atoms with Gasteiger partial charge in [-0.25, -0.2) is 4.98 Å². The maximum absolute atomic E-state index is 4.22. The highest BCUT2D eigenvalue weighted by molar-refractivity contribution is 9.10. The maximum atomic E-state index is 4.22. The predicted molar refractivity (Wildman–Crippen MR) is 54.9 cm³/mol. The van der Waals surface area contributed by atoms with E-state index in [1.807, 2.05) is 12.1 Å². The summed E-state index contributed by atoms with van der Waals surface area (Å²) in [4.78, 5) is 8.30. The van der Waals surface area contributed by atoms with Crippen LogP contribution in [0.4, 0.5) is 0 Å². The van der Waals surface area contributed by atoms with E-state index >= 15 is 0 Å². The Hall–Kier alpha value is -0.480. The van der Waals surface area contributed by atoms with Gasteiger partial charge in [0.15, 0.2) is 0 Å². The van der Waals surface area contributed by atoms with Crippen LogP contribution in [0.1, 0.15) is 0 Å². The minimum atomic E-state index is 0.785. The number of fused-ring (bicyclic) bond motifs is 1. The van der Waals surface area contributed by atoms with Crippen molar-refractivity contribution in [3.05, 3.63) is 33.6 Å². The summed E-state index contributed by atoms with van der Waals surface area (Å²) in [5, 5.41) is 1.08. The molecule has 12 heavy (non-hydrogen) atoms. The quantitative estimate of drug-likeness (QED) is 0.696. The fourth-order valence-corrected chi connectivity index (χ4v) is 1.80. The molecule has 4 heteroatoms. The fraction of sp³-hybridized carbons (Fsp3) is 0. The molecule has 0 atom stereocenters. The van der Waals surface area contributed by atoms with E-state index in [9.17, 15) is 0 Å². The average Bonchev–Trinajstić information content (AvgIpc) is 2.04. The van der Waals surface area contributed by atoms with Gasteiger partial charge in [-0.3, -0.25) is 4.98 Å². The monoisotopic (exact) mass is 286 g/mol. The van der Waals surface area contributed by atoms with Crippen molar-refractivity contribution in [2.45, 2.75) is 0 Å². The number of hydrogen-bond acceptors (Lipinski definition) is 2. The van der Waals surface area contributed by atoms with E-state index in [1.54, 1.807) is 12.4 Å². The Morgan fingerprint density at radius 1 is 1.17 bits per heavy atom. The molecule has 0 saturated heterocycles. The van der Waals surface area contributed by atoms with Gasteiger partial charge in [0.25, 0.3) is 0 Å². The van der Waals surface area contributed by atoms with Gasteiger partial charge in [0.05, 0.1) is 0 Å². The standard InChI is InChI=1S/C8H4Br2N2/c9-6-3-5-1-2-11-8(10)7(5)12-4-6/h1-4H. The van der Waals surface area contributed by atoms with Crippen molar-refractivity contribution in [3.63, 3.8) is 0 Å². The Bertz CT molecular complexity index is 428. The normalized spacial score (nSPS) is 10.5. The lowest BCUT2D eigenvalue weighted by Gasteiger charge is -1.97. The lowest BCUT2D eigenvalue weighted by atomic mass is 10.3. The van der Waals surface area contributed by atoms with Crippen LogP contribution in [0, 0.1) is 0 Å². The molecule has 0 unspecified atom stereocenters. The van der Waals surface area contributed by atoms with Gasteiger partial charge in [-0.1, -0.05) is 0 Å². The second-order valence-electron chi connectivity index (χ2n) is 2.33. The van der Waals surface area contributed by atoms with Crippen molar-refractivity contribution in [2.75, 3.05) is 0 Å². The molecule has 0 saturated carbocycles. The first-order chi connectivity index (χ1) is 5.77. The van der Waals surface area contributed by atoms with Gasteiger partial charge < -0.3 is 0 Å². The smallest absolute Gasteiger partial charge is 0.132 e. The fourth-order valence-electron chi connectivity index (χ4n) is 0.998. The lowest BCUT2D eigenvalue weighted by Crippen LogP contribution is -1.82. The van der Waals surface area contributed by atoms with E-state index in [0.717, 1.165) is 20.0 Å². The zero-order chi connectivity index (χ0) is 8.55. The van der Waals surface area contributed by atoms with Crippen LogP contribution in [0.2, 0.25) is 0 Å². The lowest BCUT2D eigenvalue weighted by molar-refractivity contribution is 1.26. The molecule has 2 aromatic heterocycles. The van der Waals surface area contributed by atoms with Gasteiger partial charge in [-0.2, -0.15) is 0 Å². The Morgan fingerprint density at radius 3 is 2.83 bits per heavy atom. The predicted octanol–water partition coefficient (Wildman–Crippen LogP) is 3.15. The zero-order valence-electron chi connectivity index (χ0n) is 5.96. The van der Waals surface area contributed by atoms with E-state index in [4.69, 9.17) is 0 Å². The van der Waals surface area contributed by atoms with Gasteiger partial charge in [-0.05, 0) is 44.0 Å². The molecule has 60 valence electrons. The van der Waals surface area contributed by atoms with Crippen molar-refractivity contribution in [2.24, 2.45) is 0 Å². The number of halogens is 2. The molecule has 0 bridgehead atoms. The van der Waals surface area contributed by atoms with Crippen LogP contribution in [0.5, 0.6) is 0 Å². The summed E-state index contributed by atoms with van der Waals surface area (Å²) in [5.41, 5.74) is 0.890. The minimum Gasteiger partial charge on any atom is -0.252 e. The number of rotatable bonds is 0. The number of nitrogens with zero attached hydrogens (tertiary/aromatic N) is 2. The van der Waals surface area contributed by atoms with Gasteiger partial charge in [0.1, 0.15) is 10.1 Å². The summed E-state index contributed by atoms with van der Waals surface area (Å²) in [5.74, 6) is 0. The summed E-state index contributed by atoms with van der Waals surface area (Å²) in [6, 6.07) is 3.94. The van der Waals surface area contributed by atoms with E-state index in [0.29, 0.717) is 0 Å². The molecule has 0 amide bonds. The van der Waals surface area contributed by atoms with Gasteiger partial charge >= 0.3 is 0 Å². The molecule has 2 nitrogen and oxygen atoms in total. The van der Waals surface area contributed by atoms with E-state index in [-0.39, 0.29) is 0 Å². The SMILES string of the molecule is Brc1cnc2c(Br)nccc2c1. The molecule has 2 heterocycles. The Morgan fingerprint density at radius 2 is 2.00 bits per heavy atom. The second-order valence-corrected chi connectivity index (χ2v) is 3.99. The second kappa shape index (κ2) is 3.11. The largest absolute Gasteiger partial charge is 0.252 e. The number of pyridine rings is 2. The zero-order valence-corrected chi connectivity index (χ0v) is 9.13. The summed E-state index contributed by atoms with van der Waals surface area (Å²) in [6.07, 6.45) is 3.51. The first-order valence-electron chi connectivity index (χ1n) is 3.33. The summed E-state index contributed by atoms with van der Waals surface area (Å²) in [6.45, 7) is 0. The van der Waals surface area contributed by atoms with Crippen LogP contribution < -0.4 is 0 Å². The van der Waals surface area contributed by atoms with Crippen molar-refractivity contribution in [1.29, 1.82) is 0 Å². The van der Waals surface area contributed by atoms with Crippen molar-refractivity contribution in [1.82, 2.24) is 9.97 Å². The van der Waals surface area contributed by atoms with Crippen LogP contribution in [-0.4, -0.2) is 9.97 Å². The van der Waals surface area contributed by atoms with Crippen LogP contribution in [0.15, 0.2) is 33.6 Å². The molecule has 0 aliphatic carbocycles. The molecule has 2 aromatic rings. The van der Waals surface area contributed by atoms with Gasteiger partial charge in [0, 0.05) is 22.3 Å². The molecule has 2 rings (SSSR count). The Kier molecular flexibility index (Phi) is 2.11. The van der Waals surface area contributed by atoms with Gasteiger partial charge in [-0.15, -0.1) is 0 Å². The van der Waals surface area contributed by atoms with Crippen LogP contribution in [-0.2, 0) is 0 Å². The first kappa shape index (κ1) is 8.13. The van der Waals surface area contributed by atoms with E-state index in [1.165, 1.54) is 0 Å². The molecule has 0 aliphatic rings. The summed E-state index contributed by atoms with van der Waals surface area (Å²) < 4.78 is 1.76. The highest BCUT2D eigenvalue weighted by Gasteiger charge is 1.99. The molecular formula is C8H4Br2N2. The highest BCUT2D eigenvalue weighted by Crippen LogP contribution is 2.21. The van der Waals surface area contributed by atoms with Gasteiger partial charge in [0.2, 0.25) is 0 Å². The van der Waals surface area contributed by atoms with Crippen LogP contribution >= 0.6 is 31.9 Å². The Balaban J connectivity index is 2.86. The number of aromatic nitrogens is 2. The molecule has 0 spiro atoms. The van der Waals surface area contributed by atoms with Crippen molar-refractivity contribution < 1.29 is 0 Å². The third kappa shape index (κ3) is 1.36. The molecule has 0 fully saturated rings. The third-order valence-corrected chi connectivity index (χ3v) is 2.54. The van der Waals surface area contributed by atoms with E-state index < -0.39 is 0 Å². The maximum Gasteiger partial charge on any atom is 0.132 e. The van der Waals surface area contributed by atoms with E-state index in [2.05, 4.69) is 41.8 Å². The van der Waals surface area contributed by atoms with Crippen LogP contribution in [0.25, 0.3) is 10.9 Å². The van der Waals surface area contributed by atoms with Crippen LogP contribution in [0.3, 0.4) is 0 Å². The Labute approximate surface area is 86.3 Å². The molecular weight excluding hydrogens is 284 g/mol. The minimum absolute atomic E-state index is 0.785. The van der Waals surface area contributed by atoms with Crippen molar-refractivity contribution >= 4 is 42.8 Å². The molecule has 0 aromatic carbocycles. The summed E-state index contributed by atoms with van der Waals surface area (Å²) >= 11 is 6.69. The highest BCUT2D eigenvalue weighted by atomic mass is 79.9. The molecule has 0 N–H and O–H groups in total. The average molecular weight is 288 g/mol. The number of hydrogen-bond donors (Lipinski definition) is 0. The third-order valence-electron chi connectivity index (χ3n) is 1.52. The topological polar surface area (TPSA) is 25.8 Å². The molecule has 0 radical (unpaired) electrons. The summed E-state index contributed by atoms with van der Waals surface area (Å²) in [7, 11) is 0. The van der Waals surface area contributed by atoms with Crippen molar-refractivity contribution in [3.8, 4) is 0 Å².